The molecular formula is C13H15NO4. The minimum Gasteiger partial charge on any atom is -0.497 e. The molecule has 1 aromatic carbocycles. The quantitative estimate of drug-likeness (QED) is 0.832. The second-order valence-electron chi connectivity index (χ2n) is 3.81. The molecule has 0 aliphatic heterocycles. The van der Waals surface area contributed by atoms with E-state index in [0.717, 1.165) is 5.56 Å². The number of carboxylic acids is 1. The van der Waals surface area contributed by atoms with E-state index in [1.807, 2.05) is 6.07 Å². The van der Waals surface area contributed by atoms with E-state index in [4.69, 9.17) is 19.8 Å². The molecule has 1 atom stereocenters. The molecule has 0 amide bonds. The summed E-state index contributed by atoms with van der Waals surface area (Å²) in [6.07, 6.45) is 0.168. The van der Waals surface area contributed by atoms with Crippen LogP contribution in [0.4, 0.5) is 0 Å². The lowest BCUT2D eigenvalue weighted by Crippen LogP contribution is -2.09. The Hall–Kier alpha value is -2.22. The normalized spacial score (nSPS) is 11.4. The van der Waals surface area contributed by atoms with E-state index in [1.165, 1.54) is 7.11 Å². The fraction of sp³-hybridized carbons (Fsp3) is 0.385. The van der Waals surface area contributed by atoms with Gasteiger partial charge in [0.15, 0.2) is 0 Å². The van der Waals surface area contributed by atoms with Gasteiger partial charge < -0.3 is 14.6 Å². The van der Waals surface area contributed by atoms with Crippen LogP contribution in [-0.2, 0) is 11.2 Å². The zero-order valence-corrected chi connectivity index (χ0v) is 10.3. The molecular weight excluding hydrogens is 234 g/mol. The SMILES string of the molecule is COc1ccc(CC(C#N)CC(=O)O)c(OC)c1. The van der Waals surface area contributed by atoms with Gasteiger partial charge in [-0.15, -0.1) is 0 Å². The van der Waals surface area contributed by atoms with Gasteiger partial charge in [0.2, 0.25) is 0 Å². The number of carboxylic acid groups (broad SMARTS) is 1. The van der Waals surface area contributed by atoms with Crippen LogP contribution in [0.1, 0.15) is 12.0 Å². The van der Waals surface area contributed by atoms with Crippen molar-refractivity contribution in [3.63, 3.8) is 0 Å². The molecule has 0 saturated carbocycles. The Bertz CT molecular complexity index is 465. The van der Waals surface area contributed by atoms with Crippen LogP contribution >= 0.6 is 0 Å². The van der Waals surface area contributed by atoms with Crippen molar-refractivity contribution >= 4 is 5.97 Å². The van der Waals surface area contributed by atoms with Gasteiger partial charge in [-0.1, -0.05) is 6.07 Å². The Morgan fingerprint density at radius 3 is 2.67 bits per heavy atom. The molecule has 18 heavy (non-hydrogen) atoms. The Morgan fingerprint density at radius 1 is 1.44 bits per heavy atom. The first-order valence-corrected chi connectivity index (χ1v) is 5.43. The fourth-order valence-electron chi connectivity index (χ4n) is 1.66. The molecule has 1 rings (SSSR count). The van der Waals surface area contributed by atoms with Crippen LogP contribution in [0.25, 0.3) is 0 Å². The highest BCUT2D eigenvalue weighted by molar-refractivity contribution is 5.67. The van der Waals surface area contributed by atoms with Crippen molar-refractivity contribution in [2.45, 2.75) is 12.8 Å². The van der Waals surface area contributed by atoms with Crippen LogP contribution in [0.3, 0.4) is 0 Å². The maximum Gasteiger partial charge on any atom is 0.304 e. The number of hydrogen-bond donors (Lipinski definition) is 1. The van der Waals surface area contributed by atoms with Crippen molar-refractivity contribution in [3.8, 4) is 17.6 Å². The summed E-state index contributed by atoms with van der Waals surface area (Å²) in [6, 6.07) is 7.25. The average molecular weight is 249 g/mol. The first-order chi connectivity index (χ1) is 8.60. The number of hydrogen-bond acceptors (Lipinski definition) is 4. The molecule has 1 N–H and O–H groups in total. The second-order valence-corrected chi connectivity index (χ2v) is 3.81. The van der Waals surface area contributed by atoms with Crippen molar-refractivity contribution in [2.24, 2.45) is 5.92 Å². The number of nitriles is 1. The molecule has 1 unspecified atom stereocenters. The van der Waals surface area contributed by atoms with Crippen molar-refractivity contribution in [2.75, 3.05) is 14.2 Å². The third-order valence-corrected chi connectivity index (χ3v) is 2.56. The van der Waals surface area contributed by atoms with Gasteiger partial charge in [-0.3, -0.25) is 4.79 Å². The predicted molar refractivity (Wildman–Crippen MR) is 64.6 cm³/mol. The number of rotatable bonds is 6. The number of ether oxygens (including phenoxy) is 2. The lowest BCUT2D eigenvalue weighted by atomic mass is 9.97. The lowest BCUT2D eigenvalue weighted by Gasteiger charge is -2.12. The Kier molecular flexibility index (Phi) is 5.00. The van der Waals surface area contributed by atoms with Crippen LogP contribution in [-0.4, -0.2) is 25.3 Å². The largest absolute Gasteiger partial charge is 0.497 e. The van der Waals surface area contributed by atoms with E-state index in [-0.39, 0.29) is 6.42 Å². The molecule has 0 bridgehead atoms. The first-order valence-electron chi connectivity index (χ1n) is 5.43. The number of benzene rings is 1. The van der Waals surface area contributed by atoms with Gasteiger partial charge in [0.05, 0.1) is 32.6 Å². The molecule has 0 spiro atoms. The molecule has 0 fully saturated rings. The molecule has 5 heteroatoms. The predicted octanol–water partition coefficient (Wildman–Crippen LogP) is 1.86. The van der Waals surface area contributed by atoms with E-state index in [0.29, 0.717) is 17.9 Å². The van der Waals surface area contributed by atoms with Gasteiger partial charge in [0.1, 0.15) is 11.5 Å². The van der Waals surface area contributed by atoms with Crippen LogP contribution in [0.15, 0.2) is 18.2 Å². The minimum atomic E-state index is -0.978. The zero-order valence-electron chi connectivity index (χ0n) is 10.3. The molecule has 0 heterocycles. The van der Waals surface area contributed by atoms with Gasteiger partial charge in [-0.2, -0.15) is 5.26 Å². The van der Waals surface area contributed by atoms with Crippen molar-refractivity contribution in [3.05, 3.63) is 23.8 Å². The van der Waals surface area contributed by atoms with Crippen LogP contribution in [0.2, 0.25) is 0 Å². The topological polar surface area (TPSA) is 79.5 Å². The standard InChI is InChI=1S/C13H15NO4/c1-17-11-4-3-10(12(7-11)18-2)5-9(8-14)6-13(15)16/h3-4,7,9H,5-6H2,1-2H3,(H,15,16). The van der Waals surface area contributed by atoms with Crippen LogP contribution in [0.5, 0.6) is 11.5 Å². The Labute approximate surface area is 106 Å². The van der Waals surface area contributed by atoms with Crippen LogP contribution < -0.4 is 9.47 Å². The highest BCUT2D eigenvalue weighted by Gasteiger charge is 2.16. The summed E-state index contributed by atoms with van der Waals surface area (Å²) in [5, 5.41) is 17.6. The maximum atomic E-state index is 10.6. The van der Waals surface area contributed by atoms with E-state index < -0.39 is 11.9 Å². The van der Waals surface area contributed by atoms with E-state index >= 15 is 0 Å². The van der Waals surface area contributed by atoms with Crippen molar-refractivity contribution < 1.29 is 19.4 Å². The smallest absolute Gasteiger partial charge is 0.304 e. The van der Waals surface area contributed by atoms with E-state index in [1.54, 1.807) is 25.3 Å². The van der Waals surface area contributed by atoms with E-state index in [9.17, 15) is 4.79 Å². The summed E-state index contributed by atoms with van der Waals surface area (Å²) in [7, 11) is 3.08. The number of carbonyl (C=O) groups is 1. The van der Waals surface area contributed by atoms with Gasteiger partial charge >= 0.3 is 5.97 Å². The highest BCUT2D eigenvalue weighted by Crippen LogP contribution is 2.27. The molecule has 0 radical (unpaired) electrons. The second kappa shape index (κ2) is 6.50. The zero-order chi connectivity index (χ0) is 13.5. The number of methoxy groups -OCH3 is 2. The summed E-state index contributed by atoms with van der Waals surface area (Å²) >= 11 is 0. The van der Waals surface area contributed by atoms with Gasteiger partial charge in [0, 0.05) is 6.07 Å². The highest BCUT2D eigenvalue weighted by atomic mass is 16.5. The lowest BCUT2D eigenvalue weighted by molar-refractivity contribution is -0.137. The number of nitrogens with zero attached hydrogens (tertiary/aromatic N) is 1. The monoisotopic (exact) mass is 249 g/mol. The van der Waals surface area contributed by atoms with Gasteiger partial charge in [-0.05, 0) is 18.1 Å². The Morgan fingerprint density at radius 2 is 2.17 bits per heavy atom. The molecule has 5 nitrogen and oxygen atoms in total. The van der Waals surface area contributed by atoms with Gasteiger partial charge in [0.25, 0.3) is 0 Å². The van der Waals surface area contributed by atoms with Crippen LogP contribution in [0, 0.1) is 17.2 Å². The molecule has 1 aromatic rings. The fourth-order valence-corrected chi connectivity index (χ4v) is 1.66. The molecule has 0 aromatic heterocycles. The molecule has 0 aliphatic rings. The molecule has 0 aliphatic carbocycles. The average Bonchev–Trinajstić information content (AvgIpc) is 2.37. The van der Waals surface area contributed by atoms with E-state index in [2.05, 4.69) is 0 Å². The summed E-state index contributed by atoms with van der Waals surface area (Å²) in [5.41, 5.74) is 0.797. The number of aliphatic carboxylic acids is 1. The molecule has 96 valence electrons. The molecule has 0 saturated heterocycles. The van der Waals surface area contributed by atoms with Crippen molar-refractivity contribution in [1.82, 2.24) is 0 Å². The van der Waals surface area contributed by atoms with Crippen molar-refractivity contribution in [1.29, 1.82) is 5.26 Å². The third-order valence-electron chi connectivity index (χ3n) is 2.56. The summed E-state index contributed by atoms with van der Waals surface area (Å²) in [5.74, 6) is -0.291. The first kappa shape index (κ1) is 13.8. The Balaban J connectivity index is 2.89. The summed E-state index contributed by atoms with van der Waals surface area (Å²) < 4.78 is 10.3. The third kappa shape index (κ3) is 3.67. The maximum absolute atomic E-state index is 10.6. The van der Waals surface area contributed by atoms with Gasteiger partial charge in [-0.25, -0.2) is 0 Å². The summed E-state index contributed by atoms with van der Waals surface area (Å²) in [4.78, 5) is 10.6. The minimum absolute atomic E-state index is 0.175. The summed E-state index contributed by atoms with van der Waals surface area (Å²) in [6.45, 7) is 0.